The largest absolute Gasteiger partial charge is 0.478 e. The highest BCUT2D eigenvalue weighted by Crippen LogP contribution is 2.05. The summed E-state index contributed by atoms with van der Waals surface area (Å²) < 4.78 is 0. The number of nitrogens with two attached hydrogens (primary N) is 2. The van der Waals surface area contributed by atoms with Gasteiger partial charge >= 0.3 is 11.9 Å². The highest BCUT2D eigenvalue weighted by atomic mass is 16.5. The van der Waals surface area contributed by atoms with E-state index in [2.05, 4.69) is 0 Å². The molecule has 2 aromatic carbocycles. The number of hydrogen-bond acceptors (Lipinski definition) is 6. The van der Waals surface area contributed by atoms with Gasteiger partial charge < -0.3 is 31.9 Å². The SMILES string of the molecule is CCC(O)O.Nc1ccc(C(=O)O)cc1.Nc1ccc(C(=O)O)cc1. The van der Waals surface area contributed by atoms with E-state index in [4.69, 9.17) is 31.9 Å². The molecule has 0 atom stereocenters. The molecular formula is C17H22N2O6. The minimum Gasteiger partial charge on any atom is -0.478 e. The first-order valence-electron chi connectivity index (χ1n) is 7.21. The molecule has 8 heteroatoms. The molecule has 0 saturated heterocycles. The van der Waals surface area contributed by atoms with E-state index in [1.54, 1.807) is 31.2 Å². The molecule has 0 unspecified atom stereocenters. The van der Waals surface area contributed by atoms with Crippen LogP contribution in [0.4, 0.5) is 11.4 Å². The predicted molar refractivity (Wildman–Crippen MR) is 94.1 cm³/mol. The zero-order valence-corrected chi connectivity index (χ0v) is 13.7. The van der Waals surface area contributed by atoms with Crippen LogP contribution in [0.15, 0.2) is 48.5 Å². The second kappa shape index (κ2) is 11.4. The zero-order chi connectivity index (χ0) is 19.4. The van der Waals surface area contributed by atoms with Gasteiger partial charge in [-0.3, -0.25) is 0 Å². The van der Waals surface area contributed by atoms with Crippen molar-refractivity contribution < 1.29 is 30.0 Å². The van der Waals surface area contributed by atoms with Gasteiger partial charge in [0.25, 0.3) is 0 Å². The standard InChI is InChI=1S/2C7H7NO2.C3H8O2/c2*8-6-3-1-5(2-4-6)7(9)10;1-2-3(4)5/h2*1-4H,8H2,(H,9,10);3-5H,2H2,1H3. The number of carbonyl (C=O) groups is 2. The molecule has 0 heterocycles. The molecule has 0 aliphatic rings. The van der Waals surface area contributed by atoms with E-state index < -0.39 is 18.2 Å². The van der Waals surface area contributed by atoms with E-state index in [0.717, 1.165) is 0 Å². The van der Waals surface area contributed by atoms with Crippen molar-refractivity contribution in [3.63, 3.8) is 0 Å². The molecule has 0 aromatic heterocycles. The van der Waals surface area contributed by atoms with Crippen LogP contribution in [-0.2, 0) is 0 Å². The number of anilines is 2. The van der Waals surface area contributed by atoms with Crippen molar-refractivity contribution in [1.29, 1.82) is 0 Å². The van der Waals surface area contributed by atoms with Crippen LogP contribution >= 0.6 is 0 Å². The van der Waals surface area contributed by atoms with Crippen LogP contribution in [0.1, 0.15) is 34.1 Å². The van der Waals surface area contributed by atoms with Crippen molar-refractivity contribution in [2.45, 2.75) is 19.6 Å². The van der Waals surface area contributed by atoms with E-state index in [1.165, 1.54) is 24.3 Å². The van der Waals surface area contributed by atoms with Crippen LogP contribution in [0.3, 0.4) is 0 Å². The van der Waals surface area contributed by atoms with Crippen LogP contribution in [0.2, 0.25) is 0 Å². The van der Waals surface area contributed by atoms with Crippen LogP contribution in [0, 0.1) is 0 Å². The average Bonchev–Trinajstić information content (AvgIpc) is 2.56. The normalized spacial score (nSPS) is 9.28. The molecule has 0 amide bonds. The third kappa shape index (κ3) is 10.3. The first kappa shape index (κ1) is 21.9. The summed E-state index contributed by atoms with van der Waals surface area (Å²) in [5.41, 5.74) is 12.3. The monoisotopic (exact) mass is 350 g/mol. The lowest BCUT2D eigenvalue weighted by Gasteiger charge is -1.93. The van der Waals surface area contributed by atoms with Crippen LogP contribution in [0.25, 0.3) is 0 Å². The second-order valence-corrected chi connectivity index (χ2v) is 4.74. The van der Waals surface area contributed by atoms with E-state index >= 15 is 0 Å². The fraction of sp³-hybridized carbons (Fsp3) is 0.176. The minimum atomic E-state index is -1.12. The summed E-state index contributed by atoms with van der Waals surface area (Å²) in [6.07, 6.45) is -0.699. The summed E-state index contributed by atoms with van der Waals surface area (Å²) in [5.74, 6) is -1.86. The molecule has 0 aliphatic carbocycles. The number of nitrogen functional groups attached to an aromatic ring is 2. The number of aromatic carboxylic acids is 2. The highest BCUT2D eigenvalue weighted by Gasteiger charge is 1.99. The maximum atomic E-state index is 10.3. The molecule has 136 valence electrons. The van der Waals surface area contributed by atoms with E-state index in [9.17, 15) is 9.59 Å². The Morgan fingerprint density at radius 3 is 1.20 bits per heavy atom. The molecule has 8 N–H and O–H groups in total. The van der Waals surface area contributed by atoms with Gasteiger partial charge in [0.2, 0.25) is 0 Å². The Bertz CT molecular complexity index is 598. The molecular weight excluding hydrogens is 328 g/mol. The predicted octanol–water partition coefficient (Wildman–Crippen LogP) is 1.64. The summed E-state index contributed by atoms with van der Waals surface area (Å²) >= 11 is 0. The smallest absolute Gasteiger partial charge is 0.335 e. The van der Waals surface area contributed by atoms with Crippen molar-refractivity contribution in [1.82, 2.24) is 0 Å². The zero-order valence-electron chi connectivity index (χ0n) is 13.7. The fourth-order valence-corrected chi connectivity index (χ4v) is 1.25. The second-order valence-electron chi connectivity index (χ2n) is 4.74. The van der Waals surface area contributed by atoms with E-state index in [0.29, 0.717) is 17.8 Å². The Balaban J connectivity index is 0.000000368. The lowest BCUT2D eigenvalue weighted by Crippen LogP contribution is -1.99. The van der Waals surface area contributed by atoms with Crippen molar-refractivity contribution in [2.75, 3.05) is 11.5 Å². The minimum absolute atomic E-state index is 0.259. The Kier molecular flexibility index (Phi) is 10.0. The van der Waals surface area contributed by atoms with E-state index in [-0.39, 0.29) is 11.1 Å². The van der Waals surface area contributed by atoms with Gasteiger partial charge in [0.15, 0.2) is 6.29 Å². The Hall–Kier alpha value is -3.10. The quantitative estimate of drug-likeness (QED) is 0.359. The van der Waals surface area contributed by atoms with Gasteiger partial charge in [-0.1, -0.05) is 6.92 Å². The summed E-state index contributed by atoms with van der Waals surface area (Å²) in [7, 11) is 0. The van der Waals surface area contributed by atoms with E-state index in [1.807, 2.05) is 0 Å². The Labute approximate surface area is 145 Å². The molecule has 0 spiro atoms. The lowest BCUT2D eigenvalue weighted by molar-refractivity contribution is -0.0413. The maximum absolute atomic E-state index is 10.3. The molecule has 0 saturated carbocycles. The number of hydrogen-bond donors (Lipinski definition) is 6. The molecule has 2 rings (SSSR count). The molecule has 0 bridgehead atoms. The maximum Gasteiger partial charge on any atom is 0.335 e. The number of carboxylic acids is 2. The summed E-state index contributed by atoms with van der Waals surface area (Å²) in [6, 6.07) is 12.1. The topological polar surface area (TPSA) is 167 Å². The summed E-state index contributed by atoms with van der Waals surface area (Å²) in [4.78, 5) is 20.5. The average molecular weight is 350 g/mol. The van der Waals surface area contributed by atoms with Gasteiger partial charge in [0, 0.05) is 11.4 Å². The van der Waals surface area contributed by atoms with Crippen molar-refractivity contribution >= 4 is 23.3 Å². The number of benzene rings is 2. The number of aliphatic hydroxyl groups excluding tert-OH is 1. The van der Waals surface area contributed by atoms with Crippen LogP contribution < -0.4 is 11.5 Å². The van der Waals surface area contributed by atoms with Crippen LogP contribution in [0.5, 0.6) is 0 Å². The summed E-state index contributed by atoms with van der Waals surface area (Å²) in [6.45, 7) is 1.70. The van der Waals surface area contributed by atoms with Gasteiger partial charge in [-0.15, -0.1) is 0 Å². The van der Waals surface area contributed by atoms with Gasteiger partial charge in [0.1, 0.15) is 0 Å². The molecule has 25 heavy (non-hydrogen) atoms. The van der Waals surface area contributed by atoms with Gasteiger partial charge in [0.05, 0.1) is 11.1 Å². The van der Waals surface area contributed by atoms with Gasteiger partial charge in [-0.05, 0) is 55.0 Å². The number of rotatable bonds is 3. The number of aliphatic hydroxyl groups is 2. The third-order valence-corrected chi connectivity index (χ3v) is 2.68. The van der Waals surface area contributed by atoms with Gasteiger partial charge in [-0.25, -0.2) is 9.59 Å². The third-order valence-electron chi connectivity index (χ3n) is 2.68. The molecule has 2 aromatic rings. The molecule has 8 nitrogen and oxygen atoms in total. The fourth-order valence-electron chi connectivity index (χ4n) is 1.25. The first-order valence-corrected chi connectivity index (χ1v) is 7.21. The number of carboxylic acid groups (broad SMARTS) is 2. The highest BCUT2D eigenvalue weighted by molar-refractivity contribution is 5.88. The van der Waals surface area contributed by atoms with Crippen LogP contribution in [-0.4, -0.2) is 38.7 Å². The Morgan fingerprint density at radius 1 is 0.800 bits per heavy atom. The molecule has 0 fully saturated rings. The molecule has 0 aliphatic heterocycles. The molecule has 0 radical (unpaired) electrons. The first-order chi connectivity index (χ1) is 11.7. The van der Waals surface area contributed by atoms with Crippen molar-refractivity contribution in [2.24, 2.45) is 0 Å². The Morgan fingerprint density at radius 2 is 1.04 bits per heavy atom. The van der Waals surface area contributed by atoms with Gasteiger partial charge in [-0.2, -0.15) is 0 Å². The van der Waals surface area contributed by atoms with Crippen molar-refractivity contribution in [3.05, 3.63) is 59.7 Å². The summed E-state index contributed by atoms with van der Waals surface area (Å²) in [5, 5.41) is 32.7. The van der Waals surface area contributed by atoms with Crippen molar-refractivity contribution in [3.8, 4) is 0 Å². The lowest BCUT2D eigenvalue weighted by atomic mass is 10.2.